The second-order valence-electron chi connectivity index (χ2n) is 12.7. The van der Waals surface area contributed by atoms with Crippen LogP contribution in [0.2, 0.25) is 0 Å². The number of aliphatic carboxylic acids is 1. The molecule has 4 N–H and O–H groups in total. The monoisotopic (exact) mass is 753 g/mol. The van der Waals surface area contributed by atoms with Gasteiger partial charge in [0.05, 0.1) is 13.2 Å². The summed E-state index contributed by atoms with van der Waals surface area (Å²) in [6.07, 6.45) is 38.9. The Morgan fingerprint density at radius 1 is 0.635 bits per heavy atom. The molecule has 0 spiro atoms. The SMILES string of the molecule is CC/C=C\C/C=C\C/C=C\C/C=C\C/C=C\CCCCCCCCCC(=O)OCC(O)COP(=O)(O)OCC(NC(=O)CCCCCCC)C(=O)O. The van der Waals surface area contributed by atoms with E-state index in [4.69, 9.17) is 13.8 Å². The summed E-state index contributed by atoms with van der Waals surface area (Å²) in [7, 11) is -4.74. The first-order valence-electron chi connectivity index (χ1n) is 19.3. The molecular weight excluding hydrogens is 685 g/mol. The minimum Gasteiger partial charge on any atom is -0.480 e. The lowest BCUT2D eigenvalue weighted by molar-refractivity contribution is -0.147. The molecule has 298 valence electrons. The Morgan fingerprint density at radius 3 is 1.67 bits per heavy atom. The van der Waals surface area contributed by atoms with Gasteiger partial charge in [0.2, 0.25) is 5.91 Å². The van der Waals surface area contributed by atoms with Gasteiger partial charge in [-0.25, -0.2) is 9.36 Å². The quantitative estimate of drug-likeness (QED) is 0.0212. The number of aliphatic hydroxyl groups excluding tert-OH is 1. The Labute approximate surface area is 313 Å². The third-order valence-electron chi connectivity index (χ3n) is 7.82. The zero-order valence-corrected chi connectivity index (χ0v) is 32.7. The third-order valence-corrected chi connectivity index (χ3v) is 8.77. The van der Waals surface area contributed by atoms with Crippen molar-refractivity contribution in [1.82, 2.24) is 5.32 Å². The number of rotatable bonds is 35. The molecule has 1 amide bonds. The Morgan fingerprint density at radius 2 is 1.12 bits per heavy atom. The van der Waals surface area contributed by atoms with Gasteiger partial charge in [0.1, 0.15) is 12.7 Å². The molecule has 0 saturated heterocycles. The molecular formula is C40H68NO10P. The molecule has 0 aliphatic heterocycles. The number of unbranched alkanes of at least 4 members (excludes halogenated alkanes) is 11. The number of nitrogens with one attached hydrogen (secondary N) is 1. The van der Waals surface area contributed by atoms with Crippen molar-refractivity contribution in [3.05, 3.63) is 60.8 Å². The number of carboxylic acids is 1. The molecule has 0 aromatic heterocycles. The fourth-order valence-electron chi connectivity index (χ4n) is 4.81. The highest BCUT2D eigenvalue weighted by Crippen LogP contribution is 2.43. The normalized spacial score (nSPS) is 14.5. The fourth-order valence-corrected chi connectivity index (χ4v) is 5.58. The van der Waals surface area contributed by atoms with Crippen molar-refractivity contribution in [1.29, 1.82) is 0 Å². The number of carbonyl (C=O) groups excluding carboxylic acids is 2. The number of ether oxygens (including phenoxy) is 1. The van der Waals surface area contributed by atoms with Crippen molar-refractivity contribution in [3.8, 4) is 0 Å². The Balaban J connectivity index is 3.85. The number of aliphatic hydroxyl groups is 1. The molecule has 0 aromatic rings. The van der Waals surface area contributed by atoms with Gasteiger partial charge in [-0.15, -0.1) is 0 Å². The summed E-state index contributed by atoms with van der Waals surface area (Å²) in [6.45, 7) is 2.31. The summed E-state index contributed by atoms with van der Waals surface area (Å²) >= 11 is 0. The minimum absolute atomic E-state index is 0.138. The van der Waals surface area contributed by atoms with Crippen molar-refractivity contribution in [2.24, 2.45) is 0 Å². The Hall–Kier alpha value is -2.82. The zero-order valence-electron chi connectivity index (χ0n) is 31.8. The van der Waals surface area contributed by atoms with Crippen LogP contribution in [0.15, 0.2) is 60.8 Å². The van der Waals surface area contributed by atoms with Crippen LogP contribution in [0.1, 0.15) is 142 Å². The van der Waals surface area contributed by atoms with Gasteiger partial charge in [0, 0.05) is 12.8 Å². The lowest BCUT2D eigenvalue weighted by Crippen LogP contribution is -2.43. The van der Waals surface area contributed by atoms with Crippen molar-refractivity contribution in [2.75, 3.05) is 19.8 Å². The van der Waals surface area contributed by atoms with Crippen LogP contribution >= 0.6 is 7.82 Å². The molecule has 0 fully saturated rings. The van der Waals surface area contributed by atoms with E-state index in [1.807, 2.05) is 0 Å². The number of esters is 1. The van der Waals surface area contributed by atoms with Crippen molar-refractivity contribution >= 4 is 25.7 Å². The number of allylic oxidation sites excluding steroid dienone is 10. The summed E-state index contributed by atoms with van der Waals surface area (Å²) in [6, 6.07) is -1.54. The maximum absolute atomic E-state index is 12.1. The summed E-state index contributed by atoms with van der Waals surface area (Å²) in [5.41, 5.74) is 0. The average Bonchev–Trinajstić information content (AvgIpc) is 3.11. The molecule has 0 aromatic carbocycles. The molecule has 0 heterocycles. The summed E-state index contributed by atoms with van der Waals surface area (Å²) in [5, 5.41) is 21.6. The Bertz CT molecular complexity index is 1120. The van der Waals surface area contributed by atoms with Crippen molar-refractivity contribution < 1.29 is 47.8 Å². The van der Waals surface area contributed by atoms with Crippen LogP contribution < -0.4 is 5.32 Å². The first-order valence-corrected chi connectivity index (χ1v) is 20.8. The van der Waals surface area contributed by atoms with E-state index in [9.17, 15) is 34.1 Å². The number of amides is 1. The summed E-state index contributed by atoms with van der Waals surface area (Å²) < 4.78 is 26.6. The van der Waals surface area contributed by atoms with Crippen LogP contribution in [0, 0.1) is 0 Å². The lowest BCUT2D eigenvalue weighted by atomic mass is 10.1. The number of carboxylic acid groups (broad SMARTS) is 1. The second-order valence-corrected chi connectivity index (χ2v) is 14.2. The van der Waals surface area contributed by atoms with Crippen LogP contribution in [0.25, 0.3) is 0 Å². The molecule has 0 aliphatic rings. The van der Waals surface area contributed by atoms with Gasteiger partial charge in [0.25, 0.3) is 0 Å². The highest BCUT2D eigenvalue weighted by Gasteiger charge is 2.28. The van der Waals surface area contributed by atoms with E-state index < -0.39 is 57.6 Å². The molecule has 3 atom stereocenters. The molecule has 0 bridgehead atoms. The van der Waals surface area contributed by atoms with Crippen LogP contribution in [0.5, 0.6) is 0 Å². The highest BCUT2D eigenvalue weighted by atomic mass is 31.2. The van der Waals surface area contributed by atoms with Gasteiger partial charge in [-0.05, 0) is 57.8 Å². The van der Waals surface area contributed by atoms with E-state index in [1.54, 1.807) is 0 Å². The van der Waals surface area contributed by atoms with Crippen LogP contribution in [-0.2, 0) is 32.7 Å². The number of hydrogen-bond donors (Lipinski definition) is 4. The van der Waals surface area contributed by atoms with E-state index in [0.717, 1.165) is 89.9 Å². The topological polar surface area (TPSA) is 169 Å². The molecule has 12 heteroatoms. The predicted octanol–water partition coefficient (Wildman–Crippen LogP) is 9.22. The standard InChI is InChI=1S/C40H68NO10P/c1-3-5-7-9-10-11-12-13-14-15-16-17-18-19-20-21-22-23-24-25-26-28-30-32-39(44)49-33-36(42)34-50-52(47,48)51-35-37(40(45)46)41-38(43)31-29-27-8-6-4-2/h5,7,10-11,13-14,16-17,19-20,36-37,42H,3-4,6,8-9,12,15,18,21-35H2,1-2H3,(H,41,43)(H,45,46)(H,47,48)/b7-5-,11-10-,14-13-,17-16-,20-19-. The second kappa shape index (κ2) is 35.2. The summed E-state index contributed by atoms with van der Waals surface area (Å²) in [5.74, 6) is -2.41. The molecule has 0 aliphatic carbocycles. The largest absolute Gasteiger partial charge is 0.480 e. The first kappa shape index (κ1) is 49.2. The Kier molecular flexibility index (Phi) is 33.3. The fraction of sp³-hybridized carbons (Fsp3) is 0.675. The van der Waals surface area contributed by atoms with Gasteiger partial charge < -0.3 is 25.2 Å². The minimum atomic E-state index is -4.74. The molecule has 52 heavy (non-hydrogen) atoms. The number of carbonyl (C=O) groups is 3. The molecule has 0 saturated carbocycles. The lowest BCUT2D eigenvalue weighted by Gasteiger charge is -2.18. The van der Waals surface area contributed by atoms with Crippen LogP contribution in [-0.4, -0.2) is 64.9 Å². The van der Waals surface area contributed by atoms with E-state index in [1.165, 1.54) is 12.8 Å². The van der Waals surface area contributed by atoms with Gasteiger partial charge in [-0.2, -0.15) is 0 Å². The van der Waals surface area contributed by atoms with Crippen molar-refractivity contribution in [3.63, 3.8) is 0 Å². The number of phosphoric acid groups is 1. The smallest absolute Gasteiger partial charge is 0.472 e. The predicted molar refractivity (Wildman–Crippen MR) is 208 cm³/mol. The van der Waals surface area contributed by atoms with Gasteiger partial charge in [-0.1, -0.05) is 132 Å². The molecule has 0 rings (SSSR count). The van der Waals surface area contributed by atoms with Crippen LogP contribution in [0.4, 0.5) is 0 Å². The number of phosphoric ester groups is 1. The van der Waals surface area contributed by atoms with E-state index >= 15 is 0 Å². The maximum atomic E-state index is 12.1. The van der Waals surface area contributed by atoms with E-state index in [0.29, 0.717) is 12.8 Å². The number of hydrogen-bond acceptors (Lipinski definition) is 8. The summed E-state index contributed by atoms with van der Waals surface area (Å²) in [4.78, 5) is 45.3. The average molecular weight is 754 g/mol. The van der Waals surface area contributed by atoms with Crippen molar-refractivity contribution in [2.45, 2.75) is 154 Å². The van der Waals surface area contributed by atoms with Gasteiger partial charge >= 0.3 is 19.8 Å². The zero-order chi connectivity index (χ0) is 38.5. The molecule has 11 nitrogen and oxygen atoms in total. The first-order chi connectivity index (χ1) is 25.1. The van der Waals surface area contributed by atoms with E-state index in [-0.39, 0.29) is 12.8 Å². The van der Waals surface area contributed by atoms with Gasteiger partial charge in [-0.3, -0.25) is 18.6 Å². The molecule has 3 unspecified atom stereocenters. The maximum Gasteiger partial charge on any atom is 0.472 e. The van der Waals surface area contributed by atoms with Crippen LogP contribution in [0.3, 0.4) is 0 Å². The van der Waals surface area contributed by atoms with E-state index in [2.05, 4.69) is 79.9 Å². The third kappa shape index (κ3) is 34.3. The highest BCUT2D eigenvalue weighted by molar-refractivity contribution is 7.47. The molecule has 0 radical (unpaired) electrons. The van der Waals surface area contributed by atoms with Gasteiger partial charge in [0.15, 0.2) is 6.04 Å².